The smallest absolute Gasteiger partial charge is 0.265 e. The van der Waals surface area contributed by atoms with Crippen molar-refractivity contribution in [2.75, 3.05) is 13.1 Å². The summed E-state index contributed by atoms with van der Waals surface area (Å²) in [5.74, 6) is 0.0431. The summed E-state index contributed by atoms with van der Waals surface area (Å²) in [5.41, 5.74) is 0.823. The third kappa shape index (κ3) is 3.69. The van der Waals surface area contributed by atoms with Crippen LogP contribution in [0.2, 0.25) is 0 Å². The van der Waals surface area contributed by atoms with Gasteiger partial charge in [-0.1, -0.05) is 12.8 Å². The van der Waals surface area contributed by atoms with Gasteiger partial charge in [-0.3, -0.25) is 9.59 Å². The van der Waals surface area contributed by atoms with Crippen LogP contribution in [0, 0.1) is 6.92 Å². The van der Waals surface area contributed by atoms with Crippen LogP contribution in [0.1, 0.15) is 31.2 Å². The number of hydrogen-bond acceptors (Lipinski definition) is 2. The maximum atomic E-state index is 12.2. The van der Waals surface area contributed by atoms with Crippen molar-refractivity contribution in [1.82, 2.24) is 9.47 Å². The number of amides is 1. The molecule has 0 unspecified atom stereocenters. The Morgan fingerprint density at radius 2 is 1.89 bits per heavy atom. The van der Waals surface area contributed by atoms with E-state index in [9.17, 15) is 9.59 Å². The van der Waals surface area contributed by atoms with Gasteiger partial charge in [0.15, 0.2) is 0 Å². The van der Waals surface area contributed by atoms with Gasteiger partial charge in [-0.15, -0.1) is 0 Å². The minimum atomic E-state index is -0.145. The highest BCUT2D eigenvalue weighted by atomic mass is 79.9. The second kappa shape index (κ2) is 6.37. The fourth-order valence-electron chi connectivity index (χ4n) is 2.42. The molecule has 0 radical (unpaired) electrons. The first-order valence-electron chi connectivity index (χ1n) is 6.72. The Kier molecular flexibility index (Phi) is 4.80. The number of pyridine rings is 1. The Balaban J connectivity index is 2.12. The molecule has 0 saturated carbocycles. The number of likely N-dealkylation sites (tertiary alicyclic amines) is 1. The molecule has 0 aromatic carbocycles. The fraction of sp³-hybridized carbons (Fsp3) is 0.571. The Bertz CT molecular complexity index is 517. The molecular weight excluding hydrogens is 308 g/mol. The summed E-state index contributed by atoms with van der Waals surface area (Å²) in [6, 6.07) is 1.77. The van der Waals surface area contributed by atoms with Crippen LogP contribution in [0.5, 0.6) is 0 Å². The summed E-state index contributed by atoms with van der Waals surface area (Å²) in [4.78, 5) is 26.1. The third-order valence-corrected chi connectivity index (χ3v) is 4.01. The first-order chi connectivity index (χ1) is 9.08. The highest BCUT2D eigenvalue weighted by molar-refractivity contribution is 9.10. The van der Waals surface area contributed by atoms with Crippen LogP contribution in [-0.2, 0) is 11.3 Å². The maximum absolute atomic E-state index is 12.2. The van der Waals surface area contributed by atoms with Gasteiger partial charge in [-0.2, -0.15) is 0 Å². The minimum absolute atomic E-state index is 0.0431. The molecule has 0 spiro atoms. The van der Waals surface area contributed by atoms with Gasteiger partial charge < -0.3 is 9.47 Å². The van der Waals surface area contributed by atoms with Crippen LogP contribution in [-0.4, -0.2) is 28.5 Å². The van der Waals surface area contributed by atoms with Crippen molar-refractivity contribution in [3.8, 4) is 0 Å². The summed E-state index contributed by atoms with van der Waals surface area (Å²) >= 11 is 3.24. The number of halogens is 1. The number of aryl methyl sites for hydroxylation is 1. The van der Waals surface area contributed by atoms with Gasteiger partial charge in [-0.05, 0) is 47.3 Å². The number of carbonyl (C=O) groups is 1. The Labute approximate surface area is 121 Å². The van der Waals surface area contributed by atoms with E-state index in [0.29, 0.717) is 4.47 Å². The third-order valence-electron chi connectivity index (χ3n) is 3.44. The van der Waals surface area contributed by atoms with Crippen molar-refractivity contribution in [3.05, 3.63) is 32.7 Å². The van der Waals surface area contributed by atoms with Crippen LogP contribution in [0.15, 0.2) is 21.5 Å². The van der Waals surface area contributed by atoms with Crippen molar-refractivity contribution in [2.24, 2.45) is 0 Å². The molecule has 4 nitrogen and oxygen atoms in total. The molecule has 1 aromatic heterocycles. The Hall–Kier alpha value is -1.10. The molecule has 2 heterocycles. The van der Waals surface area contributed by atoms with Crippen LogP contribution in [0.3, 0.4) is 0 Å². The number of rotatable bonds is 2. The fourth-order valence-corrected chi connectivity index (χ4v) is 3.01. The van der Waals surface area contributed by atoms with Crippen molar-refractivity contribution >= 4 is 21.8 Å². The normalized spacial score (nSPS) is 16.2. The molecular formula is C14H19BrN2O2. The summed E-state index contributed by atoms with van der Waals surface area (Å²) in [5, 5.41) is 0. The van der Waals surface area contributed by atoms with Crippen molar-refractivity contribution in [2.45, 2.75) is 39.2 Å². The second-order valence-corrected chi connectivity index (χ2v) is 5.95. The zero-order valence-corrected chi connectivity index (χ0v) is 12.8. The van der Waals surface area contributed by atoms with E-state index in [2.05, 4.69) is 15.9 Å². The number of carbonyl (C=O) groups excluding carboxylic acids is 1. The van der Waals surface area contributed by atoms with Gasteiger partial charge in [0.1, 0.15) is 6.54 Å². The quantitative estimate of drug-likeness (QED) is 0.837. The van der Waals surface area contributed by atoms with Crippen LogP contribution in [0.25, 0.3) is 0 Å². The lowest BCUT2D eigenvalue weighted by atomic mass is 10.2. The molecule has 0 bridgehead atoms. The van der Waals surface area contributed by atoms with E-state index in [1.807, 2.05) is 11.8 Å². The standard InChI is InChI=1S/C14H19BrN2O2/c1-11-8-12(15)14(19)17(9-11)10-13(18)16-6-4-2-3-5-7-16/h8-9H,2-7,10H2,1H3. The van der Waals surface area contributed by atoms with Gasteiger partial charge >= 0.3 is 0 Å². The van der Waals surface area contributed by atoms with Gasteiger partial charge in [0.25, 0.3) is 5.56 Å². The predicted octanol–water partition coefficient (Wildman–Crippen LogP) is 2.32. The topological polar surface area (TPSA) is 42.3 Å². The monoisotopic (exact) mass is 326 g/mol. The molecule has 1 amide bonds. The van der Waals surface area contributed by atoms with Gasteiger partial charge in [0.2, 0.25) is 5.91 Å². The minimum Gasteiger partial charge on any atom is -0.341 e. The van der Waals surface area contributed by atoms with E-state index in [-0.39, 0.29) is 18.0 Å². The van der Waals surface area contributed by atoms with Crippen LogP contribution < -0.4 is 5.56 Å². The van der Waals surface area contributed by atoms with Gasteiger partial charge in [0.05, 0.1) is 4.47 Å². The molecule has 1 aromatic rings. The molecule has 0 N–H and O–H groups in total. The average Bonchev–Trinajstić information content (AvgIpc) is 2.64. The van der Waals surface area contributed by atoms with Gasteiger partial charge in [0, 0.05) is 19.3 Å². The van der Waals surface area contributed by atoms with Crippen molar-refractivity contribution in [3.63, 3.8) is 0 Å². The largest absolute Gasteiger partial charge is 0.341 e. The highest BCUT2D eigenvalue weighted by Crippen LogP contribution is 2.11. The maximum Gasteiger partial charge on any atom is 0.265 e. The summed E-state index contributed by atoms with van der Waals surface area (Å²) in [6.45, 7) is 3.69. The van der Waals surface area contributed by atoms with E-state index < -0.39 is 0 Å². The number of nitrogens with zero attached hydrogens (tertiary/aromatic N) is 2. The van der Waals surface area contributed by atoms with Crippen LogP contribution >= 0.6 is 15.9 Å². The van der Waals surface area contributed by atoms with E-state index in [0.717, 1.165) is 31.5 Å². The molecule has 1 aliphatic rings. The van der Waals surface area contributed by atoms with Gasteiger partial charge in [-0.25, -0.2) is 0 Å². The molecule has 5 heteroatoms. The lowest BCUT2D eigenvalue weighted by Gasteiger charge is -2.21. The van der Waals surface area contributed by atoms with Crippen LogP contribution in [0.4, 0.5) is 0 Å². The summed E-state index contributed by atoms with van der Waals surface area (Å²) in [7, 11) is 0. The predicted molar refractivity (Wildman–Crippen MR) is 78.2 cm³/mol. The molecule has 0 atom stereocenters. The highest BCUT2D eigenvalue weighted by Gasteiger charge is 2.16. The van der Waals surface area contributed by atoms with E-state index >= 15 is 0 Å². The number of hydrogen-bond donors (Lipinski definition) is 0. The Morgan fingerprint density at radius 3 is 2.53 bits per heavy atom. The zero-order chi connectivity index (χ0) is 13.8. The molecule has 104 valence electrons. The van der Waals surface area contributed by atoms with Crippen molar-refractivity contribution in [1.29, 1.82) is 0 Å². The molecule has 2 rings (SSSR count). The first-order valence-corrected chi connectivity index (χ1v) is 7.51. The van der Waals surface area contributed by atoms with E-state index in [1.54, 1.807) is 12.3 Å². The lowest BCUT2D eigenvalue weighted by molar-refractivity contribution is -0.131. The SMILES string of the molecule is Cc1cc(Br)c(=O)n(CC(=O)N2CCCCCC2)c1. The Morgan fingerprint density at radius 1 is 1.26 bits per heavy atom. The number of aromatic nitrogens is 1. The lowest BCUT2D eigenvalue weighted by Crippen LogP contribution is -2.37. The van der Waals surface area contributed by atoms with E-state index in [1.165, 1.54) is 17.4 Å². The molecule has 1 fully saturated rings. The molecule has 1 aliphatic heterocycles. The second-order valence-electron chi connectivity index (χ2n) is 5.09. The van der Waals surface area contributed by atoms with Crippen molar-refractivity contribution < 1.29 is 4.79 Å². The zero-order valence-electron chi connectivity index (χ0n) is 11.2. The summed E-state index contributed by atoms with van der Waals surface area (Å²) in [6.07, 6.45) is 6.26. The molecule has 1 saturated heterocycles. The first kappa shape index (κ1) is 14.3. The average molecular weight is 327 g/mol. The molecule has 19 heavy (non-hydrogen) atoms. The molecule has 0 aliphatic carbocycles. The summed E-state index contributed by atoms with van der Waals surface area (Å²) < 4.78 is 2.00. The van der Waals surface area contributed by atoms with E-state index in [4.69, 9.17) is 0 Å².